The van der Waals surface area contributed by atoms with Gasteiger partial charge in [-0.1, -0.05) is 32.0 Å². The fourth-order valence-corrected chi connectivity index (χ4v) is 2.79. The molecule has 0 aromatic heterocycles. The molecule has 0 bridgehead atoms. The van der Waals surface area contributed by atoms with Gasteiger partial charge in [0.25, 0.3) is 0 Å². The van der Waals surface area contributed by atoms with Crippen LogP contribution in [0, 0.1) is 13.8 Å². The topological polar surface area (TPSA) is 29.1 Å². The molecule has 2 atom stereocenters. The summed E-state index contributed by atoms with van der Waals surface area (Å²) in [7, 11) is -0.735. The van der Waals surface area contributed by atoms with E-state index in [0.29, 0.717) is 5.75 Å². The van der Waals surface area contributed by atoms with E-state index in [0.717, 1.165) is 18.7 Å². The van der Waals surface area contributed by atoms with E-state index in [1.165, 1.54) is 16.7 Å². The minimum atomic E-state index is -0.735. The van der Waals surface area contributed by atoms with Crippen LogP contribution in [0.1, 0.15) is 43.0 Å². The Labute approximate surface area is 114 Å². The summed E-state index contributed by atoms with van der Waals surface area (Å²) < 4.78 is 11.8. The first-order valence-electron chi connectivity index (χ1n) is 6.74. The van der Waals surface area contributed by atoms with E-state index in [1.54, 1.807) is 0 Å². The lowest BCUT2D eigenvalue weighted by molar-refractivity contribution is 0.569. The van der Waals surface area contributed by atoms with Crippen molar-refractivity contribution < 1.29 is 4.21 Å². The molecule has 102 valence electrons. The first kappa shape index (κ1) is 15.4. The molecule has 2 unspecified atom stereocenters. The number of hydrogen-bond acceptors (Lipinski definition) is 2. The highest BCUT2D eigenvalue weighted by Gasteiger charge is 2.14. The molecule has 0 saturated heterocycles. The average Bonchev–Trinajstić information content (AvgIpc) is 2.37. The second kappa shape index (κ2) is 7.70. The van der Waals surface area contributed by atoms with Crippen molar-refractivity contribution in [1.29, 1.82) is 0 Å². The van der Waals surface area contributed by atoms with E-state index in [-0.39, 0.29) is 6.04 Å². The number of hydrogen-bond donors (Lipinski definition) is 1. The van der Waals surface area contributed by atoms with Crippen molar-refractivity contribution >= 4 is 10.8 Å². The van der Waals surface area contributed by atoms with Gasteiger partial charge in [-0.3, -0.25) is 4.21 Å². The van der Waals surface area contributed by atoms with Gasteiger partial charge in [-0.2, -0.15) is 0 Å². The standard InChI is InChI=1S/C15H25NOS/c1-5-9-16-15(11-18(17)6-2)14-8-7-12(3)13(4)10-14/h7-8,10,15-16H,5-6,9,11H2,1-4H3. The summed E-state index contributed by atoms with van der Waals surface area (Å²) in [6.07, 6.45) is 1.10. The van der Waals surface area contributed by atoms with E-state index >= 15 is 0 Å². The van der Waals surface area contributed by atoms with Crippen molar-refractivity contribution in [2.24, 2.45) is 0 Å². The van der Waals surface area contributed by atoms with Crippen molar-refractivity contribution in [1.82, 2.24) is 5.32 Å². The molecule has 18 heavy (non-hydrogen) atoms. The summed E-state index contributed by atoms with van der Waals surface area (Å²) in [5, 5.41) is 3.50. The minimum Gasteiger partial charge on any atom is -0.309 e. The maximum absolute atomic E-state index is 11.8. The summed E-state index contributed by atoms with van der Waals surface area (Å²) in [6.45, 7) is 9.36. The van der Waals surface area contributed by atoms with Crippen LogP contribution < -0.4 is 5.32 Å². The fourth-order valence-electron chi connectivity index (χ4n) is 1.88. The molecule has 0 aliphatic rings. The monoisotopic (exact) mass is 267 g/mol. The molecule has 3 heteroatoms. The van der Waals surface area contributed by atoms with Gasteiger partial charge >= 0.3 is 0 Å². The molecular formula is C15H25NOS. The summed E-state index contributed by atoms with van der Waals surface area (Å²) in [5.41, 5.74) is 3.87. The fraction of sp³-hybridized carbons (Fsp3) is 0.600. The lowest BCUT2D eigenvalue weighted by Gasteiger charge is -2.19. The molecule has 0 aliphatic carbocycles. The lowest BCUT2D eigenvalue weighted by atomic mass is 10.0. The van der Waals surface area contributed by atoms with Gasteiger partial charge in [-0.15, -0.1) is 0 Å². The molecule has 1 aromatic rings. The number of nitrogens with one attached hydrogen (secondary N) is 1. The number of benzene rings is 1. The Bertz CT molecular complexity index is 403. The van der Waals surface area contributed by atoms with Crippen LogP contribution in [0.25, 0.3) is 0 Å². The van der Waals surface area contributed by atoms with Crippen molar-refractivity contribution in [3.05, 3.63) is 34.9 Å². The van der Waals surface area contributed by atoms with Gasteiger partial charge in [-0.25, -0.2) is 0 Å². The van der Waals surface area contributed by atoms with Crippen molar-refractivity contribution in [2.45, 2.75) is 40.2 Å². The average molecular weight is 267 g/mol. The van der Waals surface area contributed by atoms with E-state index in [4.69, 9.17) is 0 Å². The zero-order chi connectivity index (χ0) is 13.5. The Morgan fingerprint density at radius 1 is 1.22 bits per heavy atom. The van der Waals surface area contributed by atoms with Gasteiger partial charge in [-0.05, 0) is 43.5 Å². The molecule has 0 radical (unpaired) electrons. The quantitative estimate of drug-likeness (QED) is 0.822. The third kappa shape index (κ3) is 4.54. The van der Waals surface area contributed by atoms with Crippen LogP contribution in [0.4, 0.5) is 0 Å². The van der Waals surface area contributed by atoms with Gasteiger partial charge < -0.3 is 5.32 Å². The number of aryl methyl sites for hydroxylation is 2. The first-order chi connectivity index (χ1) is 8.58. The highest BCUT2D eigenvalue weighted by Crippen LogP contribution is 2.18. The van der Waals surface area contributed by atoms with Crippen LogP contribution in [0.5, 0.6) is 0 Å². The lowest BCUT2D eigenvalue weighted by Crippen LogP contribution is -2.27. The zero-order valence-corrected chi connectivity index (χ0v) is 12.8. The molecule has 0 saturated carbocycles. The normalized spacial score (nSPS) is 14.4. The first-order valence-corrected chi connectivity index (χ1v) is 8.22. The maximum Gasteiger partial charge on any atom is 0.0436 e. The molecular weight excluding hydrogens is 242 g/mol. The van der Waals surface area contributed by atoms with Crippen molar-refractivity contribution in [3.8, 4) is 0 Å². The molecule has 1 N–H and O–H groups in total. The Morgan fingerprint density at radius 2 is 1.94 bits per heavy atom. The highest BCUT2D eigenvalue weighted by atomic mass is 32.2. The van der Waals surface area contributed by atoms with Crippen LogP contribution in [0.2, 0.25) is 0 Å². The van der Waals surface area contributed by atoms with E-state index in [9.17, 15) is 4.21 Å². The largest absolute Gasteiger partial charge is 0.309 e. The van der Waals surface area contributed by atoms with Crippen LogP contribution in [-0.2, 0) is 10.8 Å². The molecule has 1 aromatic carbocycles. The smallest absolute Gasteiger partial charge is 0.0436 e. The van der Waals surface area contributed by atoms with Crippen LogP contribution in [0.15, 0.2) is 18.2 Å². The van der Waals surface area contributed by atoms with Gasteiger partial charge in [0.05, 0.1) is 0 Å². The predicted octanol–water partition coefficient (Wildman–Crippen LogP) is 3.11. The Kier molecular flexibility index (Phi) is 6.58. The van der Waals surface area contributed by atoms with Gasteiger partial charge in [0, 0.05) is 28.3 Å². The third-order valence-corrected chi connectivity index (χ3v) is 4.60. The number of rotatable bonds is 7. The molecule has 1 rings (SSSR count). The Hall–Kier alpha value is -0.670. The van der Waals surface area contributed by atoms with E-state index in [1.807, 2.05) is 6.92 Å². The van der Waals surface area contributed by atoms with Crippen LogP contribution in [0.3, 0.4) is 0 Å². The van der Waals surface area contributed by atoms with Gasteiger partial charge in [0.1, 0.15) is 0 Å². The third-order valence-electron chi connectivity index (χ3n) is 3.25. The van der Waals surface area contributed by atoms with Crippen LogP contribution >= 0.6 is 0 Å². The second-order valence-electron chi connectivity index (χ2n) is 4.75. The Morgan fingerprint density at radius 3 is 2.50 bits per heavy atom. The summed E-state index contributed by atoms with van der Waals surface area (Å²) in [6, 6.07) is 6.74. The molecule has 0 aliphatic heterocycles. The maximum atomic E-state index is 11.8. The van der Waals surface area contributed by atoms with E-state index < -0.39 is 10.8 Å². The van der Waals surface area contributed by atoms with Gasteiger partial charge in [0.15, 0.2) is 0 Å². The summed E-state index contributed by atoms with van der Waals surface area (Å²) >= 11 is 0. The second-order valence-corrected chi connectivity index (χ2v) is 6.54. The summed E-state index contributed by atoms with van der Waals surface area (Å²) in [5.74, 6) is 1.44. The van der Waals surface area contributed by atoms with Crippen molar-refractivity contribution in [3.63, 3.8) is 0 Å². The molecule has 0 spiro atoms. The predicted molar refractivity (Wildman–Crippen MR) is 80.5 cm³/mol. The molecule has 0 heterocycles. The Balaban J connectivity index is 2.86. The SMILES string of the molecule is CCCNC(CS(=O)CC)c1ccc(C)c(C)c1. The van der Waals surface area contributed by atoms with E-state index in [2.05, 4.69) is 44.3 Å². The molecule has 2 nitrogen and oxygen atoms in total. The highest BCUT2D eigenvalue weighted by molar-refractivity contribution is 7.84. The van der Waals surface area contributed by atoms with Crippen LogP contribution in [-0.4, -0.2) is 22.3 Å². The molecule has 0 fully saturated rings. The minimum absolute atomic E-state index is 0.213. The van der Waals surface area contributed by atoms with Gasteiger partial charge in [0.2, 0.25) is 0 Å². The zero-order valence-electron chi connectivity index (χ0n) is 12.0. The summed E-state index contributed by atoms with van der Waals surface area (Å²) in [4.78, 5) is 0. The molecule has 0 amide bonds. The van der Waals surface area contributed by atoms with Crippen molar-refractivity contribution in [2.75, 3.05) is 18.1 Å².